The van der Waals surface area contributed by atoms with Gasteiger partial charge in [-0.25, -0.2) is 4.98 Å². The highest BCUT2D eigenvalue weighted by Crippen LogP contribution is 2.28. The van der Waals surface area contributed by atoms with Gasteiger partial charge < -0.3 is 15.2 Å². The van der Waals surface area contributed by atoms with Crippen molar-refractivity contribution in [3.63, 3.8) is 0 Å². The summed E-state index contributed by atoms with van der Waals surface area (Å²) >= 11 is 0. The van der Waals surface area contributed by atoms with Crippen molar-refractivity contribution in [2.75, 3.05) is 13.7 Å². The van der Waals surface area contributed by atoms with E-state index < -0.39 is 0 Å². The predicted octanol–water partition coefficient (Wildman–Crippen LogP) is 1.42. The molecule has 1 unspecified atom stereocenters. The van der Waals surface area contributed by atoms with Crippen molar-refractivity contribution in [2.45, 2.75) is 19.4 Å². The van der Waals surface area contributed by atoms with Gasteiger partial charge in [0.1, 0.15) is 17.8 Å². The third-order valence-electron chi connectivity index (χ3n) is 3.15. The SMILES string of the molecule is COc1ccc(O)c(C(C)NCCc2ncn(C)n2)c1. The lowest BCUT2D eigenvalue weighted by Gasteiger charge is -2.16. The van der Waals surface area contributed by atoms with Gasteiger partial charge in [-0.2, -0.15) is 5.10 Å². The molecule has 1 heterocycles. The Bertz CT molecular complexity index is 568. The molecule has 108 valence electrons. The standard InChI is InChI=1S/C14H20N4O2/c1-10(12-8-11(20-3)4-5-13(12)19)15-7-6-14-16-9-18(2)17-14/h4-5,8-10,15,19H,6-7H2,1-3H3. The van der Waals surface area contributed by atoms with Crippen LogP contribution in [0.1, 0.15) is 24.4 Å². The summed E-state index contributed by atoms with van der Waals surface area (Å²) in [5, 5.41) is 17.5. The van der Waals surface area contributed by atoms with Crippen LogP contribution < -0.4 is 10.1 Å². The molecule has 1 aromatic carbocycles. The zero-order valence-corrected chi connectivity index (χ0v) is 12.0. The first-order chi connectivity index (χ1) is 9.60. The Kier molecular flexibility index (Phi) is 4.57. The van der Waals surface area contributed by atoms with Gasteiger partial charge in [0.2, 0.25) is 0 Å². The molecule has 0 amide bonds. The molecule has 0 bridgehead atoms. The van der Waals surface area contributed by atoms with E-state index >= 15 is 0 Å². The van der Waals surface area contributed by atoms with Crippen LogP contribution in [0.2, 0.25) is 0 Å². The molecular formula is C14H20N4O2. The van der Waals surface area contributed by atoms with Crippen LogP contribution in [0, 0.1) is 0 Å². The number of benzene rings is 1. The molecule has 1 aromatic heterocycles. The van der Waals surface area contributed by atoms with Crippen molar-refractivity contribution in [1.29, 1.82) is 0 Å². The summed E-state index contributed by atoms with van der Waals surface area (Å²) in [5.74, 6) is 1.81. The van der Waals surface area contributed by atoms with Gasteiger partial charge in [-0.15, -0.1) is 0 Å². The fraction of sp³-hybridized carbons (Fsp3) is 0.429. The van der Waals surface area contributed by atoms with E-state index in [2.05, 4.69) is 15.4 Å². The van der Waals surface area contributed by atoms with Crippen molar-refractivity contribution in [3.8, 4) is 11.5 Å². The van der Waals surface area contributed by atoms with Gasteiger partial charge in [-0.05, 0) is 25.1 Å². The summed E-state index contributed by atoms with van der Waals surface area (Å²) in [4.78, 5) is 4.17. The normalized spacial score (nSPS) is 12.3. The van der Waals surface area contributed by atoms with Gasteiger partial charge >= 0.3 is 0 Å². The monoisotopic (exact) mass is 276 g/mol. The van der Waals surface area contributed by atoms with Gasteiger partial charge in [0.15, 0.2) is 5.82 Å². The zero-order chi connectivity index (χ0) is 14.5. The largest absolute Gasteiger partial charge is 0.508 e. The topological polar surface area (TPSA) is 72.2 Å². The average Bonchev–Trinajstić information content (AvgIpc) is 2.85. The Hall–Kier alpha value is -2.08. The minimum absolute atomic E-state index is 0.0220. The molecule has 2 N–H and O–H groups in total. The number of nitrogens with one attached hydrogen (secondary N) is 1. The van der Waals surface area contributed by atoms with Gasteiger partial charge in [0.05, 0.1) is 7.11 Å². The van der Waals surface area contributed by atoms with E-state index in [-0.39, 0.29) is 11.8 Å². The minimum Gasteiger partial charge on any atom is -0.508 e. The number of phenols is 1. The number of aryl methyl sites for hydroxylation is 1. The molecule has 1 atom stereocenters. The zero-order valence-electron chi connectivity index (χ0n) is 12.0. The van der Waals surface area contributed by atoms with E-state index in [1.54, 1.807) is 30.3 Å². The number of ether oxygens (including phenoxy) is 1. The maximum atomic E-state index is 9.90. The predicted molar refractivity (Wildman–Crippen MR) is 75.8 cm³/mol. The number of nitrogens with zero attached hydrogens (tertiary/aromatic N) is 3. The number of hydrogen-bond acceptors (Lipinski definition) is 5. The maximum Gasteiger partial charge on any atom is 0.151 e. The molecule has 0 aliphatic rings. The smallest absolute Gasteiger partial charge is 0.151 e. The Morgan fingerprint density at radius 2 is 2.25 bits per heavy atom. The first kappa shape index (κ1) is 14.3. The highest BCUT2D eigenvalue weighted by atomic mass is 16.5. The van der Waals surface area contributed by atoms with E-state index in [4.69, 9.17) is 4.74 Å². The maximum absolute atomic E-state index is 9.90. The molecule has 2 rings (SSSR count). The summed E-state index contributed by atoms with van der Waals surface area (Å²) in [6, 6.07) is 5.25. The third-order valence-corrected chi connectivity index (χ3v) is 3.15. The summed E-state index contributed by atoms with van der Waals surface area (Å²) in [7, 11) is 3.46. The summed E-state index contributed by atoms with van der Waals surface area (Å²) in [5.41, 5.74) is 0.818. The lowest BCUT2D eigenvalue weighted by atomic mass is 10.1. The van der Waals surface area contributed by atoms with Crippen molar-refractivity contribution >= 4 is 0 Å². The van der Waals surface area contributed by atoms with Gasteiger partial charge in [-0.1, -0.05) is 0 Å². The molecule has 6 nitrogen and oxygen atoms in total. The molecule has 0 fully saturated rings. The van der Waals surface area contributed by atoms with E-state index in [0.29, 0.717) is 0 Å². The van der Waals surface area contributed by atoms with Gasteiger partial charge in [0.25, 0.3) is 0 Å². The average molecular weight is 276 g/mol. The molecule has 0 radical (unpaired) electrons. The van der Waals surface area contributed by atoms with E-state index in [9.17, 15) is 5.11 Å². The molecule has 2 aromatic rings. The molecule has 0 aliphatic carbocycles. The van der Waals surface area contributed by atoms with Crippen molar-refractivity contribution in [1.82, 2.24) is 20.1 Å². The van der Waals surface area contributed by atoms with E-state index in [0.717, 1.165) is 30.1 Å². The Morgan fingerprint density at radius 1 is 1.45 bits per heavy atom. The van der Waals surface area contributed by atoms with E-state index in [1.165, 1.54) is 0 Å². The van der Waals surface area contributed by atoms with Crippen LogP contribution in [-0.2, 0) is 13.5 Å². The lowest BCUT2D eigenvalue weighted by Crippen LogP contribution is -2.22. The van der Waals surface area contributed by atoms with Crippen LogP contribution in [0.25, 0.3) is 0 Å². The number of aromatic nitrogens is 3. The van der Waals surface area contributed by atoms with Crippen LogP contribution in [0.4, 0.5) is 0 Å². The second kappa shape index (κ2) is 6.38. The Labute approximate surface area is 118 Å². The molecule has 6 heteroatoms. The van der Waals surface area contributed by atoms with Gasteiger partial charge in [0, 0.05) is 31.6 Å². The lowest BCUT2D eigenvalue weighted by molar-refractivity contribution is 0.407. The number of phenolic OH excluding ortho intramolecular Hbond substituents is 1. The highest BCUT2D eigenvalue weighted by molar-refractivity contribution is 5.41. The quantitative estimate of drug-likeness (QED) is 0.835. The van der Waals surface area contributed by atoms with Crippen molar-refractivity contribution in [3.05, 3.63) is 35.9 Å². The highest BCUT2D eigenvalue weighted by Gasteiger charge is 2.11. The van der Waals surface area contributed by atoms with Crippen LogP contribution >= 0.6 is 0 Å². The summed E-state index contributed by atoms with van der Waals surface area (Å²) in [6.45, 7) is 2.74. The molecule has 0 spiro atoms. The van der Waals surface area contributed by atoms with Crippen LogP contribution in [0.5, 0.6) is 11.5 Å². The van der Waals surface area contributed by atoms with Gasteiger partial charge in [-0.3, -0.25) is 4.68 Å². The number of rotatable bonds is 6. The number of aromatic hydroxyl groups is 1. The second-order valence-electron chi connectivity index (χ2n) is 4.69. The second-order valence-corrected chi connectivity index (χ2v) is 4.69. The van der Waals surface area contributed by atoms with Crippen molar-refractivity contribution < 1.29 is 9.84 Å². The van der Waals surface area contributed by atoms with Crippen LogP contribution in [0.3, 0.4) is 0 Å². The summed E-state index contributed by atoms with van der Waals surface area (Å²) in [6.07, 6.45) is 2.43. The number of methoxy groups -OCH3 is 1. The Morgan fingerprint density at radius 3 is 2.90 bits per heavy atom. The molecule has 20 heavy (non-hydrogen) atoms. The molecule has 0 saturated carbocycles. The van der Waals surface area contributed by atoms with E-state index in [1.807, 2.05) is 20.0 Å². The molecular weight excluding hydrogens is 256 g/mol. The number of hydrogen-bond donors (Lipinski definition) is 2. The minimum atomic E-state index is 0.0220. The van der Waals surface area contributed by atoms with Crippen LogP contribution in [0.15, 0.2) is 24.5 Å². The molecule has 0 saturated heterocycles. The van der Waals surface area contributed by atoms with Crippen molar-refractivity contribution in [2.24, 2.45) is 7.05 Å². The molecule has 0 aliphatic heterocycles. The first-order valence-electron chi connectivity index (χ1n) is 6.55. The van der Waals surface area contributed by atoms with Crippen LogP contribution in [-0.4, -0.2) is 33.5 Å². The fourth-order valence-corrected chi connectivity index (χ4v) is 2.02. The first-order valence-corrected chi connectivity index (χ1v) is 6.55. The Balaban J connectivity index is 1.92. The summed E-state index contributed by atoms with van der Waals surface area (Å²) < 4.78 is 6.86. The third kappa shape index (κ3) is 3.48. The fourth-order valence-electron chi connectivity index (χ4n) is 2.02.